The highest BCUT2D eigenvalue weighted by Crippen LogP contribution is 2.32. The van der Waals surface area contributed by atoms with Crippen LogP contribution in [0.1, 0.15) is 49.2 Å². The number of ether oxygens (including phenoxy) is 2. The first-order valence-electron chi connectivity index (χ1n) is 10.4. The summed E-state index contributed by atoms with van der Waals surface area (Å²) in [6.07, 6.45) is -5.70. The van der Waals surface area contributed by atoms with Crippen LogP contribution in [0.15, 0.2) is 18.2 Å². The highest BCUT2D eigenvalue weighted by molar-refractivity contribution is 5.96. The molecule has 0 saturated carbocycles. The maximum Gasteiger partial charge on any atom is 0.410 e. The van der Waals surface area contributed by atoms with Crippen molar-refractivity contribution in [3.63, 3.8) is 0 Å². The van der Waals surface area contributed by atoms with Crippen molar-refractivity contribution in [2.75, 3.05) is 52.3 Å². The molecule has 1 fully saturated rings. The molecule has 1 aromatic rings. The molecule has 0 spiro atoms. The number of amides is 1. The van der Waals surface area contributed by atoms with Crippen molar-refractivity contribution < 1.29 is 32.2 Å². The monoisotopic (exact) mass is 459 g/mol. The Balaban J connectivity index is 2.39. The lowest BCUT2D eigenvalue weighted by Crippen LogP contribution is -2.52. The van der Waals surface area contributed by atoms with Crippen molar-refractivity contribution >= 4 is 17.7 Å². The zero-order valence-electron chi connectivity index (χ0n) is 19.5. The Labute approximate surface area is 187 Å². The Kier molecular flexibility index (Phi) is 8.03. The second-order valence-electron chi connectivity index (χ2n) is 9.02. The highest BCUT2D eigenvalue weighted by Gasteiger charge is 2.36. The minimum atomic E-state index is -4.25. The summed E-state index contributed by atoms with van der Waals surface area (Å²) in [5.74, 6) is -0.500. The predicted molar refractivity (Wildman–Crippen MR) is 115 cm³/mol. The number of anilines is 1. The van der Waals surface area contributed by atoms with Crippen LogP contribution >= 0.6 is 0 Å². The van der Waals surface area contributed by atoms with Gasteiger partial charge in [0, 0.05) is 40.3 Å². The van der Waals surface area contributed by atoms with Gasteiger partial charge in [0.05, 0.1) is 30.8 Å². The number of esters is 1. The molecule has 1 unspecified atom stereocenters. The van der Waals surface area contributed by atoms with E-state index < -0.39 is 36.3 Å². The molecule has 1 atom stereocenters. The number of nitrogens with zero attached hydrogens (tertiary/aromatic N) is 3. The molecule has 7 nitrogen and oxygen atoms in total. The van der Waals surface area contributed by atoms with Crippen molar-refractivity contribution in [2.24, 2.45) is 0 Å². The molecule has 1 heterocycles. The summed E-state index contributed by atoms with van der Waals surface area (Å²) in [6.45, 7) is 5.89. The summed E-state index contributed by atoms with van der Waals surface area (Å²) in [4.78, 5) is 30.0. The summed E-state index contributed by atoms with van der Waals surface area (Å²) >= 11 is 0. The normalized spacial score (nSPS) is 17.8. The van der Waals surface area contributed by atoms with Crippen LogP contribution in [0.3, 0.4) is 0 Å². The van der Waals surface area contributed by atoms with Crippen LogP contribution in [0, 0.1) is 0 Å². The summed E-state index contributed by atoms with van der Waals surface area (Å²) in [5, 5.41) is 0. The lowest BCUT2D eigenvalue weighted by Gasteiger charge is -2.42. The zero-order valence-corrected chi connectivity index (χ0v) is 19.5. The van der Waals surface area contributed by atoms with Gasteiger partial charge in [0.15, 0.2) is 0 Å². The standard InChI is InChI=1S/C22H32F3N3O4/c1-21(2,3)32-20(30)28-12-11-27(10-9-22(23,24)25)14-18(28)15-7-8-16(19(29)31-6)17(13-15)26(4)5/h7-8,13,18H,9-12,14H2,1-6H3. The zero-order chi connectivity index (χ0) is 24.3. The minimum Gasteiger partial charge on any atom is -0.465 e. The van der Waals surface area contributed by atoms with Crippen LogP contribution in [0.5, 0.6) is 0 Å². The van der Waals surface area contributed by atoms with Crippen LogP contribution in [0.25, 0.3) is 0 Å². The topological polar surface area (TPSA) is 62.3 Å². The molecule has 2 rings (SSSR count). The van der Waals surface area contributed by atoms with E-state index in [0.29, 0.717) is 23.4 Å². The van der Waals surface area contributed by atoms with E-state index in [9.17, 15) is 22.8 Å². The fourth-order valence-electron chi connectivity index (χ4n) is 3.56. The fourth-order valence-corrected chi connectivity index (χ4v) is 3.56. The molecule has 10 heteroatoms. The largest absolute Gasteiger partial charge is 0.465 e. The van der Waals surface area contributed by atoms with Gasteiger partial charge in [-0.05, 0) is 38.5 Å². The average molecular weight is 460 g/mol. The summed E-state index contributed by atoms with van der Waals surface area (Å²) in [5.41, 5.74) is 0.933. The van der Waals surface area contributed by atoms with Gasteiger partial charge in [0.1, 0.15) is 5.60 Å². The van der Waals surface area contributed by atoms with Crippen molar-refractivity contribution in [1.29, 1.82) is 0 Å². The number of rotatable bonds is 5. The van der Waals surface area contributed by atoms with Crippen LogP contribution in [0.4, 0.5) is 23.7 Å². The van der Waals surface area contributed by atoms with E-state index in [2.05, 4.69) is 0 Å². The van der Waals surface area contributed by atoms with Crippen molar-refractivity contribution in [3.05, 3.63) is 29.3 Å². The molecule has 1 saturated heterocycles. The SMILES string of the molecule is COC(=O)c1ccc(C2CN(CCC(F)(F)F)CCN2C(=O)OC(C)(C)C)cc1N(C)C. The van der Waals surface area contributed by atoms with Crippen LogP contribution in [-0.2, 0) is 9.47 Å². The van der Waals surface area contributed by atoms with Crippen molar-refractivity contribution in [1.82, 2.24) is 9.80 Å². The number of hydrogen-bond donors (Lipinski definition) is 0. The molecule has 0 bridgehead atoms. The lowest BCUT2D eigenvalue weighted by molar-refractivity contribution is -0.139. The first kappa shape index (κ1) is 25.8. The number of carbonyl (C=O) groups is 2. The first-order valence-corrected chi connectivity index (χ1v) is 10.4. The van der Waals surface area contributed by atoms with Crippen molar-refractivity contribution in [2.45, 2.75) is 45.0 Å². The number of piperazine rings is 1. The van der Waals surface area contributed by atoms with Gasteiger partial charge < -0.3 is 14.4 Å². The third kappa shape index (κ3) is 7.01. The number of methoxy groups -OCH3 is 1. The Bertz CT molecular complexity index is 822. The molecular formula is C22H32F3N3O4. The molecule has 0 N–H and O–H groups in total. The fraction of sp³-hybridized carbons (Fsp3) is 0.636. The smallest absolute Gasteiger partial charge is 0.410 e. The van der Waals surface area contributed by atoms with Crippen LogP contribution < -0.4 is 4.90 Å². The Morgan fingerprint density at radius 3 is 2.34 bits per heavy atom. The maximum absolute atomic E-state index is 12.9. The molecule has 0 aliphatic carbocycles. The molecule has 1 aliphatic heterocycles. The third-order valence-electron chi connectivity index (χ3n) is 5.10. The third-order valence-corrected chi connectivity index (χ3v) is 5.10. The Hall–Kier alpha value is -2.49. The van der Waals surface area contributed by atoms with Gasteiger partial charge in [-0.25, -0.2) is 9.59 Å². The lowest BCUT2D eigenvalue weighted by atomic mass is 9.99. The Morgan fingerprint density at radius 1 is 1.16 bits per heavy atom. The van der Waals surface area contributed by atoms with Gasteiger partial charge in [-0.2, -0.15) is 13.2 Å². The van der Waals surface area contributed by atoms with E-state index in [1.165, 1.54) is 7.11 Å². The second-order valence-corrected chi connectivity index (χ2v) is 9.02. The number of halogens is 3. The average Bonchev–Trinajstić information content (AvgIpc) is 2.69. The number of benzene rings is 1. The van der Waals surface area contributed by atoms with Gasteiger partial charge in [0.25, 0.3) is 0 Å². The maximum atomic E-state index is 12.9. The quantitative estimate of drug-likeness (QED) is 0.619. The number of hydrogen-bond acceptors (Lipinski definition) is 6. The molecule has 1 amide bonds. The molecule has 1 aromatic carbocycles. The van der Waals surface area contributed by atoms with E-state index in [-0.39, 0.29) is 19.6 Å². The van der Waals surface area contributed by atoms with Crippen molar-refractivity contribution in [3.8, 4) is 0 Å². The van der Waals surface area contributed by atoms with E-state index in [1.807, 2.05) is 0 Å². The molecule has 1 aliphatic rings. The predicted octanol–water partition coefficient (Wildman–Crippen LogP) is 4.09. The molecule has 32 heavy (non-hydrogen) atoms. The van der Waals surface area contributed by atoms with E-state index in [0.717, 1.165) is 0 Å². The summed E-state index contributed by atoms with van der Waals surface area (Å²) in [6, 6.07) is 4.55. The van der Waals surface area contributed by atoms with Gasteiger partial charge >= 0.3 is 18.2 Å². The van der Waals surface area contributed by atoms with E-state index in [4.69, 9.17) is 9.47 Å². The summed E-state index contributed by atoms with van der Waals surface area (Å²) < 4.78 is 48.7. The van der Waals surface area contributed by atoms with Gasteiger partial charge in [-0.15, -0.1) is 0 Å². The van der Waals surface area contributed by atoms with Gasteiger partial charge in [-0.1, -0.05) is 6.07 Å². The van der Waals surface area contributed by atoms with E-state index in [1.54, 1.807) is 67.8 Å². The Morgan fingerprint density at radius 2 is 1.81 bits per heavy atom. The van der Waals surface area contributed by atoms with E-state index >= 15 is 0 Å². The van der Waals surface area contributed by atoms with Crippen LogP contribution in [-0.4, -0.2) is 81.0 Å². The molecule has 0 aromatic heterocycles. The van der Waals surface area contributed by atoms with Gasteiger partial charge in [-0.3, -0.25) is 9.80 Å². The number of alkyl halides is 3. The minimum absolute atomic E-state index is 0.150. The highest BCUT2D eigenvalue weighted by atomic mass is 19.4. The van der Waals surface area contributed by atoms with Gasteiger partial charge in [0.2, 0.25) is 0 Å². The molecular weight excluding hydrogens is 427 g/mol. The van der Waals surface area contributed by atoms with Crippen LogP contribution in [0.2, 0.25) is 0 Å². The summed E-state index contributed by atoms with van der Waals surface area (Å²) in [7, 11) is 4.83. The first-order chi connectivity index (χ1) is 14.7. The molecule has 0 radical (unpaired) electrons. The number of carbonyl (C=O) groups excluding carboxylic acids is 2. The second kappa shape index (κ2) is 9.97. The molecule has 180 valence electrons.